The van der Waals surface area contributed by atoms with Crippen LogP contribution in [0.2, 0.25) is 0 Å². The minimum absolute atomic E-state index is 0.563. The van der Waals surface area contributed by atoms with Crippen molar-refractivity contribution in [3.05, 3.63) is 17.0 Å². The molecule has 136 valence electrons. The highest BCUT2D eigenvalue weighted by Crippen LogP contribution is 2.17. The van der Waals surface area contributed by atoms with E-state index >= 15 is 0 Å². The first kappa shape index (κ1) is 18.8. The summed E-state index contributed by atoms with van der Waals surface area (Å²) in [5.74, 6) is 1.50. The molecule has 2 rings (SSSR count). The van der Waals surface area contributed by atoms with Gasteiger partial charge >= 0.3 is 0 Å². The molecule has 0 saturated carbocycles. The van der Waals surface area contributed by atoms with Crippen LogP contribution in [-0.4, -0.2) is 53.4 Å². The van der Waals surface area contributed by atoms with Gasteiger partial charge in [-0.15, -0.1) is 0 Å². The Morgan fingerprint density at radius 2 is 1.88 bits per heavy atom. The molecular formula is C18H34N6. The molecule has 2 heterocycles. The van der Waals surface area contributed by atoms with Gasteiger partial charge in [0, 0.05) is 44.5 Å². The average Bonchev–Trinajstić information content (AvgIpc) is 3.13. The Morgan fingerprint density at radius 1 is 1.21 bits per heavy atom. The number of nitrogens with one attached hydrogen (secondary N) is 2. The number of aryl methyl sites for hydroxylation is 2. The predicted molar refractivity (Wildman–Crippen MR) is 100 cm³/mol. The number of likely N-dealkylation sites (tertiary alicyclic amines) is 1. The number of hydrogen-bond acceptors (Lipinski definition) is 3. The Hall–Kier alpha value is -1.56. The highest BCUT2D eigenvalue weighted by Gasteiger charge is 2.24. The van der Waals surface area contributed by atoms with E-state index in [4.69, 9.17) is 0 Å². The monoisotopic (exact) mass is 334 g/mol. The lowest BCUT2D eigenvalue weighted by molar-refractivity contribution is 0.192. The van der Waals surface area contributed by atoms with Crippen molar-refractivity contribution in [2.45, 2.75) is 53.1 Å². The highest BCUT2D eigenvalue weighted by atomic mass is 15.3. The van der Waals surface area contributed by atoms with E-state index in [0.717, 1.165) is 24.7 Å². The maximum absolute atomic E-state index is 4.47. The van der Waals surface area contributed by atoms with Crippen LogP contribution in [0.25, 0.3) is 0 Å². The zero-order chi connectivity index (χ0) is 17.7. The van der Waals surface area contributed by atoms with Gasteiger partial charge in [0.1, 0.15) is 0 Å². The molecule has 1 unspecified atom stereocenters. The summed E-state index contributed by atoms with van der Waals surface area (Å²) in [6, 6.07) is 0.563. The summed E-state index contributed by atoms with van der Waals surface area (Å²) >= 11 is 0. The Bertz CT molecular complexity index is 554. The summed E-state index contributed by atoms with van der Waals surface area (Å²) in [7, 11) is 3.82. The summed E-state index contributed by atoms with van der Waals surface area (Å²) in [5.41, 5.74) is 3.53. The molecule has 0 radical (unpaired) electrons. The minimum Gasteiger partial charge on any atom is -0.355 e. The van der Waals surface area contributed by atoms with E-state index in [1.165, 1.54) is 37.2 Å². The molecule has 0 amide bonds. The van der Waals surface area contributed by atoms with Crippen molar-refractivity contribution >= 4 is 5.96 Å². The maximum Gasteiger partial charge on any atom is 0.191 e. The normalized spacial score (nSPS) is 17.5. The second kappa shape index (κ2) is 8.51. The average molecular weight is 335 g/mol. The minimum atomic E-state index is 0.563. The van der Waals surface area contributed by atoms with E-state index in [-0.39, 0.29) is 0 Å². The molecule has 0 aromatic carbocycles. The van der Waals surface area contributed by atoms with Gasteiger partial charge in [0.25, 0.3) is 0 Å². The van der Waals surface area contributed by atoms with Gasteiger partial charge < -0.3 is 10.6 Å². The van der Waals surface area contributed by atoms with E-state index in [1.807, 2.05) is 18.8 Å². The first-order chi connectivity index (χ1) is 11.4. The first-order valence-electron chi connectivity index (χ1n) is 9.11. The Morgan fingerprint density at radius 3 is 2.38 bits per heavy atom. The van der Waals surface area contributed by atoms with Crippen LogP contribution in [0.15, 0.2) is 4.99 Å². The van der Waals surface area contributed by atoms with Crippen LogP contribution in [0.1, 0.15) is 43.6 Å². The van der Waals surface area contributed by atoms with Crippen molar-refractivity contribution in [2.75, 3.05) is 26.7 Å². The van der Waals surface area contributed by atoms with Crippen molar-refractivity contribution in [1.82, 2.24) is 25.3 Å². The highest BCUT2D eigenvalue weighted by molar-refractivity contribution is 5.79. The molecule has 6 heteroatoms. The largest absolute Gasteiger partial charge is 0.355 e. The van der Waals surface area contributed by atoms with Crippen LogP contribution in [0.4, 0.5) is 0 Å². The van der Waals surface area contributed by atoms with Crippen molar-refractivity contribution in [1.29, 1.82) is 0 Å². The number of hydrogen-bond donors (Lipinski definition) is 2. The molecule has 1 aromatic rings. The second-order valence-corrected chi connectivity index (χ2v) is 7.13. The SMILES string of the molecule is CN=C(NCc1c(C)nn(C)c1C)NCC(C(C)C)N1CCCC1. The third-order valence-electron chi connectivity index (χ3n) is 5.17. The van der Waals surface area contributed by atoms with Gasteiger partial charge in [-0.05, 0) is 45.7 Å². The van der Waals surface area contributed by atoms with E-state index in [1.54, 1.807) is 0 Å². The lowest BCUT2D eigenvalue weighted by atomic mass is 10.0. The van der Waals surface area contributed by atoms with Gasteiger partial charge in [-0.3, -0.25) is 14.6 Å². The summed E-state index contributed by atoms with van der Waals surface area (Å²) in [6.45, 7) is 12.9. The molecule has 0 bridgehead atoms. The second-order valence-electron chi connectivity index (χ2n) is 7.13. The number of guanidine groups is 1. The zero-order valence-corrected chi connectivity index (χ0v) is 16.2. The van der Waals surface area contributed by atoms with Crippen LogP contribution >= 0.6 is 0 Å². The van der Waals surface area contributed by atoms with Crippen LogP contribution in [0.5, 0.6) is 0 Å². The lowest BCUT2D eigenvalue weighted by Crippen LogP contribution is -2.48. The Kier molecular flexibility index (Phi) is 6.66. The molecule has 1 aliphatic rings. The lowest BCUT2D eigenvalue weighted by Gasteiger charge is -2.31. The maximum atomic E-state index is 4.47. The molecule has 1 aliphatic heterocycles. The van der Waals surface area contributed by atoms with Gasteiger partial charge in [0.15, 0.2) is 5.96 Å². The molecule has 0 spiro atoms. The first-order valence-corrected chi connectivity index (χ1v) is 9.11. The molecule has 1 fully saturated rings. The smallest absolute Gasteiger partial charge is 0.191 e. The predicted octanol–water partition coefficient (Wildman–Crippen LogP) is 1.82. The Balaban J connectivity index is 1.89. The third-order valence-corrected chi connectivity index (χ3v) is 5.17. The summed E-state index contributed by atoms with van der Waals surface area (Å²) in [5, 5.41) is 11.4. The molecule has 2 N–H and O–H groups in total. The van der Waals surface area contributed by atoms with Crippen LogP contribution in [-0.2, 0) is 13.6 Å². The van der Waals surface area contributed by atoms with Gasteiger partial charge in [-0.25, -0.2) is 0 Å². The van der Waals surface area contributed by atoms with Crippen molar-refractivity contribution in [3.8, 4) is 0 Å². The van der Waals surface area contributed by atoms with Crippen molar-refractivity contribution < 1.29 is 0 Å². The summed E-state index contributed by atoms with van der Waals surface area (Å²) in [6.07, 6.45) is 2.66. The zero-order valence-electron chi connectivity index (χ0n) is 16.2. The molecule has 1 aromatic heterocycles. The fourth-order valence-corrected chi connectivity index (χ4v) is 3.53. The number of aromatic nitrogens is 2. The van der Waals surface area contributed by atoms with Gasteiger partial charge in [-0.1, -0.05) is 13.8 Å². The van der Waals surface area contributed by atoms with E-state index < -0.39 is 0 Å². The fraction of sp³-hybridized carbons (Fsp3) is 0.778. The van der Waals surface area contributed by atoms with Crippen LogP contribution in [0.3, 0.4) is 0 Å². The number of nitrogens with zero attached hydrogens (tertiary/aromatic N) is 4. The number of aliphatic imine (C=N–C) groups is 1. The molecular weight excluding hydrogens is 300 g/mol. The molecule has 6 nitrogen and oxygen atoms in total. The molecule has 24 heavy (non-hydrogen) atoms. The third kappa shape index (κ3) is 4.50. The standard InChI is InChI=1S/C18H34N6/c1-13(2)17(24-9-7-8-10-24)12-21-18(19-5)20-11-16-14(3)22-23(6)15(16)4/h13,17H,7-12H2,1-6H3,(H2,19,20,21). The van der Waals surface area contributed by atoms with E-state index in [2.05, 4.69) is 53.3 Å². The summed E-state index contributed by atoms with van der Waals surface area (Å²) < 4.78 is 1.94. The Labute approximate surface area is 146 Å². The molecule has 0 aliphatic carbocycles. The summed E-state index contributed by atoms with van der Waals surface area (Å²) in [4.78, 5) is 6.99. The van der Waals surface area contributed by atoms with Crippen molar-refractivity contribution in [3.63, 3.8) is 0 Å². The molecule has 1 atom stereocenters. The van der Waals surface area contributed by atoms with Crippen LogP contribution < -0.4 is 10.6 Å². The van der Waals surface area contributed by atoms with Gasteiger partial charge in [0.05, 0.1) is 5.69 Å². The topological polar surface area (TPSA) is 57.5 Å². The van der Waals surface area contributed by atoms with Gasteiger partial charge in [0.2, 0.25) is 0 Å². The van der Waals surface area contributed by atoms with E-state index in [0.29, 0.717) is 12.0 Å². The quantitative estimate of drug-likeness (QED) is 0.615. The van der Waals surface area contributed by atoms with Crippen molar-refractivity contribution in [2.24, 2.45) is 18.0 Å². The molecule has 1 saturated heterocycles. The number of rotatable bonds is 6. The van der Waals surface area contributed by atoms with E-state index in [9.17, 15) is 0 Å². The fourth-order valence-electron chi connectivity index (χ4n) is 3.53. The van der Waals surface area contributed by atoms with Crippen LogP contribution in [0, 0.1) is 19.8 Å². The van der Waals surface area contributed by atoms with Gasteiger partial charge in [-0.2, -0.15) is 5.10 Å².